The Morgan fingerprint density at radius 1 is 1.20 bits per heavy atom. The van der Waals surface area contributed by atoms with Crippen LogP contribution < -0.4 is 5.32 Å². The zero-order valence-electron chi connectivity index (χ0n) is 16.2. The molecular formula is C18H31N3O4. The van der Waals surface area contributed by atoms with E-state index in [1.807, 2.05) is 41.5 Å². The van der Waals surface area contributed by atoms with Crippen LogP contribution in [-0.4, -0.2) is 33.2 Å². The summed E-state index contributed by atoms with van der Waals surface area (Å²) in [6.45, 7) is 12.1. The largest absolute Gasteiger partial charge is 0.480 e. The highest BCUT2D eigenvalue weighted by atomic mass is 16.5. The number of aryl methyl sites for hydroxylation is 1. The van der Waals surface area contributed by atoms with E-state index in [9.17, 15) is 14.7 Å². The average molecular weight is 353 g/mol. The quantitative estimate of drug-likeness (QED) is 0.744. The van der Waals surface area contributed by atoms with Crippen molar-refractivity contribution >= 4 is 11.9 Å². The molecule has 1 amide bonds. The van der Waals surface area contributed by atoms with Gasteiger partial charge in [-0.1, -0.05) is 46.7 Å². The fourth-order valence-corrected chi connectivity index (χ4v) is 2.16. The topological polar surface area (TPSA) is 105 Å². The molecule has 25 heavy (non-hydrogen) atoms. The first-order valence-electron chi connectivity index (χ1n) is 8.74. The number of hydrogen-bond donors (Lipinski definition) is 2. The molecule has 0 aliphatic rings. The summed E-state index contributed by atoms with van der Waals surface area (Å²) >= 11 is 0. The summed E-state index contributed by atoms with van der Waals surface area (Å²) in [5.74, 6) is -0.124. The molecule has 1 aromatic rings. The summed E-state index contributed by atoms with van der Waals surface area (Å²) in [4.78, 5) is 27.6. The van der Waals surface area contributed by atoms with Crippen LogP contribution in [-0.2, 0) is 21.4 Å². The fourth-order valence-electron chi connectivity index (χ4n) is 2.16. The molecule has 7 heteroatoms. The summed E-state index contributed by atoms with van der Waals surface area (Å²) in [6, 6.07) is -0.845. The van der Waals surface area contributed by atoms with Crippen molar-refractivity contribution in [3.63, 3.8) is 0 Å². The summed E-state index contributed by atoms with van der Waals surface area (Å²) in [7, 11) is 0. The number of carbonyl (C=O) groups is 2. The Labute approximate surface area is 149 Å². The van der Waals surface area contributed by atoms with Gasteiger partial charge in [0.15, 0.2) is 5.82 Å². The summed E-state index contributed by atoms with van der Waals surface area (Å²) in [5.41, 5.74) is -0.151. The Kier molecular flexibility index (Phi) is 7.14. The molecule has 0 radical (unpaired) electrons. The standard InChI is InChI=1S/C18H31N3O4/c1-17(2,3)11-10-12(15(23)24)19-13(22)8-7-9-14-20-16(21-25-14)18(4,5)6/h12H,7-11H2,1-6H3,(H,19,22)(H,23,24). The number of rotatable bonds is 8. The molecule has 0 saturated heterocycles. The third-order valence-electron chi connectivity index (χ3n) is 3.75. The van der Waals surface area contributed by atoms with Gasteiger partial charge in [0.05, 0.1) is 0 Å². The van der Waals surface area contributed by atoms with Crippen molar-refractivity contribution in [2.45, 2.75) is 85.1 Å². The number of aliphatic carboxylic acids is 1. The number of nitrogens with zero attached hydrogens (tertiary/aromatic N) is 2. The third-order valence-corrected chi connectivity index (χ3v) is 3.75. The minimum absolute atomic E-state index is 0.0289. The van der Waals surface area contributed by atoms with E-state index in [0.717, 1.165) is 6.42 Å². The molecule has 0 saturated carbocycles. The Hall–Kier alpha value is -1.92. The number of nitrogens with one attached hydrogen (secondary N) is 1. The Balaban J connectivity index is 2.42. The van der Waals surface area contributed by atoms with Gasteiger partial charge >= 0.3 is 5.97 Å². The van der Waals surface area contributed by atoms with Crippen molar-refractivity contribution in [1.82, 2.24) is 15.5 Å². The molecule has 1 atom stereocenters. The predicted octanol–water partition coefficient (Wildman–Crippen LogP) is 3.09. The maximum Gasteiger partial charge on any atom is 0.326 e. The second-order valence-corrected chi connectivity index (χ2v) is 8.67. The van der Waals surface area contributed by atoms with E-state index in [0.29, 0.717) is 31.0 Å². The molecule has 142 valence electrons. The molecule has 0 aliphatic carbocycles. The van der Waals surface area contributed by atoms with Crippen molar-refractivity contribution < 1.29 is 19.2 Å². The van der Waals surface area contributed by atoms with Crippen LogP contribution in [0.1, 0.15) is 78.9 Å². The van der Waals surface area contributed by atoms with Crippen LogP contribution in [0.2, 0.25) is 0 Å². The minimum atomic E-state index is -0.996. The fraction of sp³-hybridized carbons (Fsp3) is 0.778. The Morgan fingerprint density at radius 2 is 1.84 bits per heavy atom. The van der Waals surface area contributed by atoms with E-state index >= 15 is 0 Å². The molecule has 0 aromatic carbocycles. The van der Waals surface area contributed by atoms with Crippen molar-refractivity contribution in [1.29, 1.82) is 0 Å². The van der Waals surface area contributed by atoms with Gasteiger partial charge in [0.1, 0.15) is 6.04 Å². The summed E-state index contributed by atoms with van der Waals surface area (Å²) < 4.78 is 5.18. The highest BCUT2D eigenvalue weighted by molar-refractivity contribution is 5.83. The number of carboxylic acids is 1. The molecule has 1 unspecified atom stereocenters. The van der Waals surface area contributed by atoms with E-state index < -0.39 is 12.0 Å². The van der Waals surface area contributed by atoms with Gasteiger partial charge in [-0.15, -0.1) is 0 Å². The van der Waals surface area contributed by atoms with Crippen molar-refractivity contribution in [2.75, 3.05) is 0 Å². The van der Waals surface area contributed by atoms with E-state index in [-0.39, 0.29) is 23.2 Å². The van der Waals surface area contributed by atoms with Crippen LogP contribution in [0.3, 0.4) is 0 Å². The zero-order valence-corrected chi connectivity index (χ0v) is 16.2. The average Bonchev–Trinajstić information content (AvgIpc) is 2.91. The van der Waals surface area contributed by atoms with Crippen LogP contribution in [0.4, 0.5) is 0 Å². The molecule has 2 N–H and O–H groups in total. The lowest BCUT2D eigenvalue weighted by Crippen LogP contribution is -2.41. The minimum Gasteiger partial charge on any atom is -0.480 e. The van der Waals surface area contributed by atoms with Crippen LogP contribution in [0, 0.1) is 5.41 Å². The lowest BCUT2D eigenvalue weighted by atomic mass is 9.88. The number of amides is 1. The first kappa shape index (κ1) is 21.1. The van der Waals surface area contributed by atoms with E-state index in [4.69, 9.17) is 4.52 Å². The van der Waals surface area contributed by atoms with Crippen LogP contribution in [0.15, 0.2) is 4.52 Å². The second kappa shape index (κ2) is 8.45. The maximum absolute atomic E-state index is 12.0. The normalized spacial score (nSPS) is 13.5. The first-order chi connectivity index (χ1) is 11.4. The molecule has 7 nitrogen and oxygen atoms in total. The van der Waals surface area contributed by atoms with Gasteiger partial charge < -0.3 is 14.9 Å². The molecule has 0 fully saturated rings. The highest BCUT2D eigenvalue weighted by Crippen LogP contribution is 2.22. The molecular weight excluding hydrogens is 322 g/mol. The Bertz CT molecular complexity index is 582. The molecule has 0 spiro atoms. The van der Waals surface area contributed by atoms with E-state index in [1.165, 1.54) is 0 Å². The molecule has 0 aliphatic heterocycles. The van der Waals surface area contributed by atoms with Crippen LogP contribution >= 0.6 is 0 Å². The Morgan fingerprint density at radius 3 is 2.32 bits per heavy atom. The van der Waals surface area contributed by atoms with Gasteiger partial charge in [0.2, 0.25) is 11.8 Å². The number of carboxylic acid groups (broad SMARTS) is 1. The zero-order chi connectivity index (χ0) is 19.3. The van der Waals surface area contributed by atoms with Crippen molar-refractivity contribution in [2.24, 2.45) is 5.41 Å². The molecule has 1 aromatic heterocycles. The van der Waals surface area contributed by atoms with Gasteiger partial charge in [-0.25, -0.2) is 4.79 Å². The van der Waals surface area contributed by atoms with Crippen LogP contribution in [0.5, 0.6) is 0 Å². The second-order valence-electron chi connectivity index (χ2n) is 8.67. The summed E-state index contributed by atoms with van der Waals surface area (Å²) in [6.07, 6.45) is 2.40. The highest BCUT2D eigenvalue weighted by Gasteiger charge is 2.23. The van der Waals surface area contributed by atoms with Crippen LogP contribution in [0.25, 0.3) is 0 Å². The smallest absolute Gasteiger partial charge is 0.326 e. The molecule has 1 heterocycles. The van der Waals surface area contributed by atoms with E-state index in [2.05, 4.69) is 15.5 Å². The van der Waals surface area contributed by atoms with Crippen molar-refractivity contribution in [3.8, 4) is 0 Å². The lowest BCUT2D eigenvalue weighted by molar-refractivity contribution is -0.142. The van der Waals surface area contributed by atoms with Gasteiger partial charge in [-0.05, 0) is 24.7 Å². The van der Waals surface area contributed by atoms with Gasteiger partial charge in [-0.2, -0.15) is 4.98 Å². The first-order valence-corrected chi connectivity index (χ1v) is 8.74. The third kappa shape index (κ3) is 8.14. The lowest BCUT2D eigenvalue weighted by Gasteiger charge is -2.21. The van der Waals surface area contributed by atoms with Gasteiger partial charge in [0.25, 0.3) is 0 Å². The maximum atomic E-state index is 12.0. The number of hydrogen-bond acceptors (Lipinski definition) is 5. The van der Waals surface area contributed by atoms with Crippen molar-refractivity contribution in [3.05, 3.63) is 11.7 Å². The monoisotopic (exact) mass is 353 g/mol. The SMILES string of the molecule is CC(C)(C)CCC(NC(=O)CCCc1nc(C(C)(C)C)no1)C(=O)O. The van der Waals surface area contributed by atoms with E-state index in [1.54, 1.807) is 0 Å². The number of carbonyl (C=O) groups excluding carboxylic acids is 1. The van der Waals surface area contributed by atoms with Gasteiger partial charge in [-0.3, -0.25) is 4.79 Å². The number of aromatic nitrogens is 2. The molecule has 0 bridgehead atoms. The van der Waals surface area contributed by atoms with Gasteiger partial charge in [0, 0.05) is 18.3 Å². The molecule has 1 rings (SSSR count). The predicted molar refractivity (Wildman–Crippen MR) is 94.2 cm³/mol. The summed E-state index contributed by atoms with van der Waals surface area (Å²) in [5, 5.41) is 15.8.